The topological polar surface area (TPSA) is 86.9 Å². The quantitative estimate of drug-likeness (QED) is 0.645. The monoisotopic (exact) mass is 324 g/mol. The SMILES string of the molecule is C=CC(=O)Nc1cc(NC(=O)c2n[nH]c3ccccc23)ccc1F. The zero-order valence-corrected chi connectivity index (χ0v) is 12.5. The Labute approximate surface area is 136 Å². The molecule has 1 heterocycles. The Morgan fingerprint density at radius 2 is 1.96 bits per heavy atom. The molecule has 0 aliphatic carbocycles. The van der Waals surface area contributed by atoms with Gasteiger partial charge in [-0.25, -0.2) is 4.39 Å². The Kier molecular flexibility index (Phi) is 4.07. The molecule has 0 fully saturated rings. The first-order valence-electron chi connectivity index (χ1n) is 7.06. The van der Waals surface area contributed by atoms with Crippen molar-refractivity contribution >= 4 is 34.1 Å². The van der Waals surface area contributed by atoms with E-state index in [0.717, 1.165) is 17.7 Å². The third kappa shape index (κ3) is 3.00. The standard InChI is InChI=1S/C17H13FN4O2/c1-2-15(23)20-14-9-10(7-8-12(14)18)19-17(24)16-11-5-3-4-6-13(11)21-22-16/h2-9H,1H2,(H,19,24)(H,20,23)(H,21,22). The van der Waals surface area contributed by atoms with E-state index in [9.17, 15) is 14.0 Å². The first kappa shape index (κ1) is 15.4. The summed E-state index contributed by atoms with van der Waals surface area (Å²) in [5.74, 6) is -1.61. The predicted octanol–water partition coefficient (Wildman–Crippen LogP) is 3.08. The van der Waals surface area contributed by atoms with Crippen LogP contribution >= 0.6 is 0 Å². The number of anilines is 2. The summed E-state index contributed by atoms with van der Waals surface area (Å²) >= 11 is 0. The summed E-state index contributed by atoms with van der Waals surface area (Å²) in [6.07, 6.45) is 1.03. The number of hydrogen-bond acceptors (Lipinski definition) is 3. The summed E-state index contributed by atoms with van der Waals surface area (Å²) in [7, 11) is 0. The molecule has 0 unspecified atom stereocenters. The van der Waals surface area contributed by atoms with Crippen LogP contribution in [0.3, 0.4) is 0 Å². The van der Waals surface area contributed by atoms with E-state index in [1.165, 1.54) is 12.1 Å². The number of nitrogens with one attached hydrogen (secondary N) is 3. The molecule has 6 nitrogen and oxygen atoms in total. The maximum atomic E-state index is 13.7. The average molecular weight is 324 g/mol. The first-order valence-corrected chi connectivity index (χ1v) is 7.06. The second-order valence-electron chi connectivity index (χ2n) is 4.96. The molecule has 0 radical (unpaired) electrons. The van der Waals surface area contributed by atoms with E-state index in [1.54, 1.807) is 18.2 Å². The molecule has 3 rings (SSSR count). The highest BCUT2D eigenvalue weighted by molar-refractivity contribution is 6.11. The van der Waals surface area contributed by atoms with Crippen molar-refractivity contribution in [2.24, 2.45) is 0 Å². The van der Waals surface area contributed by atoms with Gasteiger partial charge < -0.3 is 10.6 Å². The number of halogens is 1. The van der Waals surface area contributed by atoms with Crippen molar-refractivity contribution in [3.63, 3.8) is 0 Å². The van der Waals surface area contributed by atoms with Crippen LogP contribution in [-0.4, -0.2) is 22.0 Å². The number of rotatable bonds is 4. The van der Waals surface area contributed by atoms with Gasteiger partial charge in [-0.2, -0.15) is 5.10 Å². The lowest BCUT2D eigenvalue weighted by atomic mass is 10.2. The van der Waals surface area contributed by atoms with E-state index in [2.05, 4.69) is 27.4 Å². The summed E-state index contributed by atoms with van der Waals surface area (Å²) in [6, 6.07) is 11.1. The Balaban J connectivity index is 1.85. The molecule has 0 spiro atoms. The van der Waals surface area contributed by atoms with Gasteiger partial charge in [0.15, 0.2) is 5.69 Å². The molecule has 24 heavy (non-hydrogen) atoms. The number of aromatic nitrogens is 2. The van der Waals surface area contributed by atoms with Crippen molar-refractivity contribution in [2.45, 2.75) is 0 Å². The van der Waals surface area contributed by atoms with E-state index in [4.69, 9.17) is 0 Å². The van der Waals surface area contributed by atoms with Crippen LogP contribution in [0.4, 0.5) is 15.8 Å². The summed E-state index contributed by atoms with van der Waals surface area (Å²) in [5.41, 5.74) is 1.24. The fourth-order valence-electron chi connectivity index (χ4n) is 2.21. The van der Waals surface area contributed by atoms with Crippen molar-refractivity contribution in [1.82, 2.24) is 10.2 Å². The van der Waals surface area contributed by atoms with Gasteiger partial charge in [0.2, 0.25) is 5.91 Å². The number of fused-ring (bicyclic) bond motifs is 1. The second kappa shape index (κ2) is 6.33. The Bertz CT molecular complexity index is 949. The second-order valence-corrected chi connectivity index (χ2v) is 4.96. The van der Waals surface area contributed by atoms with Crippen LogP contribution in [-0.2, 0) is 4.79 Å². The highest BCUT2D eigenvalue weighted by Gasteiger charge is 2.15. The number of H-pyrrole nitrogens is 1. The van der Waals surface area contributed by atoms with Gasteiger partial charge in [0.1, 0.15) is 5.82 Å². The Morgan fingerprint density at radius 3 is 2.75 bits per heavy atom. The van der Waals surface area contributed by atoms with Crippen LogP contribution in [0.5, 0.6) is 0 Å². The summed E-state index contributed by atoms with van der Waals surface area (Å²) in [4.78, 5) is 23.7. The summed E-state index contributed by atoms with van der Waals surface area (Å²) < 4.78 is 13.7. The van der Waals surface area contributed by atoms with Gasteiger partial charge in [-0.1, -0.05) is 24.8 Å². The molecule has 0 aliphatic rings. The van der Waals surface area contributed by atoms with Gasteiger partial charge in [-0.3, -0.25) is 14.7 Å². The molecule has 120 valence electrons. The molecule has 3 N–H and O–H groups in total. The molecule has 0 bridgehead atoms. The number of benzene rings is 2. The van der Waals surface area contributed by atoms with Crippen molar-refractivity contribution in [3.8, 4) is 0 Å². The van der Waals surface area contributed by atoms with Gasteiger partial charge in [0, 0.05) is 11.1 Å². The highest BCUT2D eigenvalue weighted by atomic mass is 19.1. The van der Waals surface area contributed by atoms with Crippen molar-refractivity contribution < 1.29 is 14.0 Å². The minimum absolute atomic E-state index is 0.0513. The Morgan fingerprint density at radius 1 is 1.17 bits per heavy atom. The zero-order valence-electron chi connectivity index (χ0n) is 12.5. The number of carbonyl (C=O) groups is 2. The van der Waals surface area contributed by atoms with E-state index < -0.39 is 17.6 Å². The van der Waals surface area contributed by atoms with Gasteiger partial charge >= 0.3 is 0 Å². The maximum absolute atomic E-state index is 13.7. The van der Waals surface area contributed by atoms with E-state index in [0.29, 0.717) is 11.1 Å². The van der Waals surface area contributed by atoms with E-state index in [-0.39, 0.29) is 11.4 Å². The summed E-state index contributed by atoms with van der Waals surface area (Å²) in [5, 5.41) is 12.4. The van der Waals surface area contributed by atoms with Crippen LogP contribution in [0, 0.1) is 5.82 Å². The molecule has 0 saturated heterocycles. The van der Waals surface area contributed by atoms with Crippen LogP contribution in [0.1, 0.15) is 10.5 Å². The number of nitrogens with zero attached hydrogens (tertiary/aromatic N) is 1. The molecule has 0 saturated carbocycles. The number of aromatic amines is 1. The lowest BCUT2D eigenvalue weighted by Crippen LogP contribution is -2.14. The van der Waals surface area contributed by atoms with Gasteiger partial charge in [-0.15, -0.1) is 0 Å². The molecule has 3 aromatic rings. The van der Waals surface area contributed by atoms with Crippen LogP contribution in [0.15, 0.2) is 55.1 Å². The normalized spacial score (nSPS) is 10.4. The maximum Gasteiger partial charge on any atom is 0.276 e. The summed E-state index contributed by atoms with van der Waals surface area (Å²) in [6.45, 7) is 3.30. The largest absolute Gasteiger partial charge is 0.320 e. The zero-order chi connectivity index (χ0) is 17.1. The minimum atomic E-state index is -0.617. The van der Waals surface area contributed by atoms with E-state index in [1.807, 2.05) is 6.07 Å². The third-order valence-electron chi connectivity index (χ3n) is 3.35. The average Bonchev–Trinajstić information content (AvgIpc) is 3.02. The first-order chi connectivity index (χ1) is 11.6. The molecular formula is C17H13FN4O2. The van der Waals surface area contributed by atoms with Crippen LogP contribution < -0.4 is 10.6 Å². The van der Waals surface area contributed by atoms with Gasteiger partial charge in [0.05, 0.1) is 11.2 Å². The van der Waals surface area contributed by atoms with Crippen molar-refractivity contribution in [3.05, 3.63) is 66.6 Å². The molecule has 0 atom stereocenters. The number of para-hydroxylation sites is 1. The molecule has 2 amide bonds. The highest BCUT2D eigenvalue weighted by Crippen LogP contribution is 2.21. The molecule has 2 aromatic carbocycles. The fourth-order valence-corrected chi connectivity index (χ4v) is 2.21. The molecular weight excluding hydrogens is 311 g/mol. The molecule has 0 aliphatic heterocycles. The van der Waals surface area contributed by atoms with E-state index >= 15 is 0 Å². The molecule has 1 aromatic heterocycles. The van der Waals surface area contributed by atoms with Crippen LogP contribution in [0.25, 0.3) is 10.9 Å². The third-order valence-corrected chi connectivity index (χ3v) is 3.35. The van der Waals surface area contributed by atoms with Gasteiger partial charge in [-0.05, 0) is 30.3 Å². The minimum Gasteiger partial charge on any atom is -0.320 e. The van der Waals surface area contributed by atoms with Crippen molar-refractivity contribution in [1.29, 1.82) is 0 Å². The fraction of sp³-hybridized carbons (Fsp3) is 0. The van der Waals surface area contributed by atoms with Crippen LogP contribution in [0.2, 0.25) is 0 Å². The smallest absolute Gasteiger partial charge is 0.276 e. The predicted molar refractivity (Wildman–Crippen MR) is 89.3 cm³/mol. The Hall–Kier alpha value is -3.48. The van der Waals surface area contributed by atoms with Crippen molar-refractivity contribution in [2.75, 3.05) is 10.6 Å². The number of hydrogen-bond donors (Lipinski definition) is 3. The number of carbonyl (C=O) groups excluding carboxylic acids is 2. The number of amides is 2. The lowest BCUT2D eigenvalue weighted by Gasteiger charge is -2.08. The van der Waals surface area contributed by atoms with Gasteiger partial charge in [0.25, 0.3) is 5.91 Å². The lowest BCUT2D eigenvalue weighted by molar-refractivity contribution is -0.111. The molecule has 7 heteroatoms.